The van der Waals surface area contributed by atoms with Gasteiger partial charge in [-0.2, -0.15) is 0 Å². The number of rotatable bonds is 6. The second-order valence-corrected chi connectivity index (χ2v) is 5.88. The smallest absolute Gasteiger partial charge is 0.250 e. The number of nitrogens with one attached hydrogen (secondary N) is 2. The van der Waals surface area contributed by atoms with Crippen LogP contribution < -0.4 is 16.2 Å². The maximum atomic E-state index is 11.7. The molecule has 1 aliphatic rings. The molecule has 4 nitrogen and oxygen atoms in total. The minimum Gasteiger partial charge on any atom is -0.381 e. The Morgan fingerprint density at radius 2 is 2.30 bits per heavy atom. The predicted molar refractivity (Wildman–Crippen MR) is 84.3 cm³/mol. The maximum Gasteiger partial charge on any atom is 0.250 e. The van der Waals surface area contributed by atoms with Crippen LogP contribution in [0.25, 0.3) is 0 Å². The van der Waals surface area contributed by atoms with Gasteiger partial charge in [-0.3, -0.25) is 4.79 Å². The number of aryl methyl sites for hydroxylation is 1. The topological polar surface area (TPSA) is 46.1 Å². The summed E-state index contributed by atoms with van der Waals surface area (Å²) in [5, 5.41) is 7.10. The SMILES string of the molecule is CCCn1cc(NC(C)CC2CCCCN2)ccc1=O. The van der Waals surface area contributed by atoms with E-state index in [0.717, 1.165) is 31.6 Å². The van der Waals surface area contributed by atoms with E-state index < -0.39 is 0 Å². The summed E-state index contributed by atoms with van der Waals surface area (Å²) in [6.45, 7) is 6.24. The fourth-order valence-electron chi connectivity index (χ4n) is 2.93. The number of aromatic nitrogens is 1. The largest absolute Gasteiger partial charge is 0.381 e. The monoisotopic (exact) mass is 277 g/mol. The lowest BCUT2D eigenvalue weighted by Gasteiger charge is -2.27. The molecular formula is C16H27N3O. The molecule has 1 saturated heterocycles. The molecule has 4 heteroatoms. The quantitative estimate of drug-likeness (QED) is 0.840. The molecule has 0 aliphatic carbocycles. The number of pyridine rings is 1. The molecule has 1 aromatic heterocycles. The van der Waals surface area contributed by atoms with Crippen molar-refractivity contribution < 1.29 is 0 Å². The van der Waals surface area contributed by atoms with Crippen LogP contribution in [0, 0.1) is 0 Å². The summed E-state index contributed by atoms with van der Waals surface area (Å²) in [5.41, 5.74) is 1.13. The third-order valence-electron chi connectivity index (χ3n) is 3.91. The van der Waals surface area contributed by atoms with Gasteiger partial charge < -0.3 is 15.2 Å². The fourth-order valence-corrected chi connectivity index (χ4v) is 2.93. The zero-order chi connectivity index (χ0) is 14.4. The van der Waals surface area contributed by atoms with Crippen LogP contribution in [0.1, 0.15) is 46.0 Å². The van der Waals surface area contributed by atoms with E-state index in [2.05, 4.69) is 24.5 Å². The zero-order valence-electron chi connectivity index (χ0n) is 12.7. The van der Waals surface area contributed by atoms with Gasteiger partial charge in [-0.05, 0) is 45.2 Å². The highest BCUT2D eigenvalue weighted by Gasteiger charge is 2.15. The van der Waals surface area contributed by atoms with Gasteiger partial charge in [0.05, 0.1) is 5.69 Å². The van der Waals surface area contributed by atoms with E-state index >= 15 is 0 Å². The van der Waals surface area contributed by atoms with Crippen molar-refractivity contribution in [3.05, 3.63) is 28.7 Å². The molecule has 2 rings (SSSR count). The Morgan fingerprint density at radius 3 is 3.00 bits per heavy atom. The number of nitrogens with zero attached hydrogens (tertiary/aromatic N) is 1. The van der Waals surface area contributed by atoms with Crippen LogP contribution >= 0.6 is 0 Å². The fraction of sp³-hybridized carbons (Fsp3) is 0.688. The van der Waals surface area contributed by atoms with Gasteiger partial charge in [-0.15, -0.1) is 0 Å². The molecule has 0 amide bonds. The Hall–Kier alpha value is -1.29. The Bertz CT molecular complexity index is 463. The van der Waals surface area contributed by atoms with Gasteiger partial charge in [0.25, 0.3) is 5.56 Å². The van der Waals surface area contributed by atoms with Crippen molar-refractivity contribution in [1.29, 1.82) is 0 Å². The second kappa shape index (κ2) is 7.48. The molecule has 112 valence electrons. The summed E-state index contributed by atoms with van der Waals surface area (Å²) in [6.07, 6.45) is 7.97. The van der Waals surface area contributed by atoms with Gasteiger partial charge in [0, 0.05) is 30.9 Å². The van der Waals surface area contributed by atoms with Gasteiger partial charge in [0.2, 0.25) is 0 Å². The van der Waals surface area contributed by atoms with Crippen LogP contribution in [0.3, 0.4) is 0 Å². The Morgan fingerprint density at radius 1 is 1.45 bits per heavy atom. The summed E-state index contributed by atoms with van der Waals surface area (Å²) >= 11 is 0. The molecule has 20 heavy (non-hydrogen) atoms. The lowest BCUT2D eigenvalue weighted by Crippen LogP contribution is -2.37. The number of piperidine rings is 1. The van der Waals surface area contributed by atoms with E-state index in [-0.39, 0.29) is 5.56 Å². The van der Waals surface area contributed by atoms with E-state index in [4.69, 9.17) is 0 Å². The second-order valence-electron chi connectivity index (χ2n) is 5.88. The minimum atomic E-state index is 0.0824. The standard InChI is InChI=1S/C16H27N3O/c1-3-10-19-12-15(7-8-16(19)20)18-13(2)11-14-6-4-5-9-17-14/h7-8,12-14,17-18H,3-6,9-11H2,1-2H3. The van der Waals surface area contributed by atoms with Crippen molar-refractivity contribution >= 4 is 5.69 Å². The normalized spacial score (nSPS) is 20.6. The van der Waals surface area contributed by atoms with Crippen LogP contribution in [0.2, 0.25) is 0 Å². The summed E-state index contributed by atoms with van der Waals surface area (Å²) in [7, 11) is 0. The highest BCUT2D eigenvalue weighted by atomic mass is 16.1. The molecule has 0 spiro atoms. The van der Waals surface area contributed by atoms with Gasteiger partial charge in [-0.1, -0.05) is 13.3 Å². The van der Waals surface area contributed by atoms with Crippen LogP contribution in [0.15, 0.2) is 23.1 Å². The van der Waals surface area contributed by atoms with Gasteiger partial charge in [-0.25, -0.2) is 0 Å². The van der Waals surface area contributed by atoms with Gasteiger partial charge in [0.15, 0.2) is 0 Å². The van der Waals surface area contributed by atoms with Crippen molar-refractivity contribution in [2.45, 2.75) is 64.6 Å². The van der Waals surface area contributed by atoms with Crippen LogP contribution in [0.5, 0.6) is 0 Å². The number of hydrogen-bond donors (Lipinski definition) is 2. The van der Waals surface area contributed by atoms with Crippen LogP contribution in [-0.2, 0) is 6.54 Å². The van der Waals surface area contributed by atoms with Crippen molar-refractivity contribution in [2.24, 2.45) is 0 Å². The molecule has 0 saturated carbocycles. The molecule has 2 atom stereocenters. The number of anilines is 1. The molecule has 1 aromatic rings. The Labute approximate surface area is 121 Å². The lowest BCUT2D eigenvalue weighted by atomic mass is 9.99. The van der Waals surface area contributed by atoms with Crippen LogP contribution in [0.4, 0.5) is 5.69 Å². The van der Waals surface area contributed by atoms with E-state index in [1.54, 1.807) is 10.6 Å². The summed E-state index contributed by atoms with van der Waals surface area (Å²) in [5.74, 6) is 0. The van der Waals surface area contributed by atoms with Crippen molar-refractivity contribution in [2.75, 3.05) is 11.9 Å². The van der Waals surface area contributed by atoms with E-state index in [0.29, 0.717) is 12.1 Å². The zero-order valence-corrected chi connectivity index (χ0v) is 12.7. The number of hydrogen-bond acceptors (Lipinski definition) is 3. The van der Waals surface area contributed by atoms with E-state index in [1.165, 1.54) is 19.3 Å². The predicted octanol–water partition coefficient (Wildman–Crippen LogP) is 2.59. The van der Waals surface area contributed by atoms with Gasteiger partial charge in [0.1, 0.15) is 0 Å². The molecule has 0 aromatic carbocycles. The third-order valence-corrected chi connectivity index (χ3v) is 3.91. The van der Waals surface area contributed by atoms with E-state index in [1.807, 2.05) is 12.3 Å². The Balaban J connectivity index is 1.91. The molecule has 0 radical (unpaired) electrons. The average molecular weight is 277 g/mol. The minimum absolute atomic E-state index is 0.0824. The first-order valence-corrected chi connectivity index (χ1v) is 7.89. The first-order valence-electron chi connectivity index (χ1n) is 7.89. The summed E-state index contributed by atoms with van der Waals surface area (Å²) in [4.78, 5) is 11.7. The molecule has 2 unspecified atom stereocenters. The van der Waals surface area contributed by atoms with Crippen LogP contribution in [-0.4, -0.2) is 23.2 Å². The van der Waals surface area contributed by atoms with E-state index in [9.17, 15) is 4.79 Å². The first-order chi connectivity index (χ1) is 9.69. The molecule has 1 aliphatic heterocycles. The van der Waals surface area contributed by atoms with Crippen molar-refractivity contribution in [1.82, 2.24) is 9.88 Å². The van der Waals surface area contributed by atoms with Gasteiger partial charge >= 0.3 is 0 Å². The molecule has 1 fully saturated rings. The summed E-state index contributed by atoms with van der Waals surface area (Å²) in [6, 6.07) is 4.59. The highest BCUT2D eigenvalue weighted by Crippen LogP contribution is 2.14. The average Bonchev–Trinajstić information content (AvgIpc) is 2.44. The summed E-state index contributed by atoms with van der Waals surface area (Å²) < 4.78 is 1.79. The highest BCUT2D eigenvalue weighted by molar-refractivity contribution is 5.41. The first kappa shape index (κ1) is 15.1. The molecule has 2 N–H and O–H groups in total. The third kappa shape index (κ3) is 4.37. The Kier molecular flexibility index (Phi) is 5.65. The van der Waals surface area contributed by atoms with Crippen molar-refractivity contribution in [3.8, 4) is 0 Å². The molecule has 2 heterocycles. The molecule has 0 bridgehead atoms. The molecular weight excluding hydrogens is 250 g/mol. The maximum absolute atomic E-state index is 11.7. The van der Waals surface area contributed by atoms with Crippen molar-refractivity contribution in [3.63, 3.8) is 0 Å². The lowest BCUT2D eigenvalue weighted by molar-refractivity contribution is 0.371.